The van der Waals surface area contributed by atoms with Crippen LogP contribution in [0, 0.1) is 0 Å². The van der Waals surface area contributed by atoms with Gasteiger partial charge in [0, 0.05) is 24.2 Å². The summed E-state index contributed by atoms with van der Waals surface area (Å²) in [5, 5.41) is 0.808. The first-order valence-corrected chi connectivity index (χ1v) is 6.49. The fourth-order valence-corrected chi connectivity index (χ4v) is 2.84. The molecule has 0 amide bonds. The number of likely N-dealkylation sites (tertiary alicyclic amines) is 1. The van der Waals surface area contributed by atoms with E-state index in [9.17, 15) is 0 Å². The standard InChI is InChI=1S/C14H20ClNO/c1-10-7-13(17-3)9-14(16(10)2)11-5-4-6-12(15)8-11/h4-6,8,10,13-14H,7,9H2,1-3H3/t10-,13-,14-/m1/s1. The number of methoxy groups -OCH3 is 1. The van der Waals surface area contributed by atoms with Crippen LogP contribution < -0.4 is 0 Å². The van der Waals surface area contributed by atoms with E-state index in [1.54, 1.807) is 7.11 Å². The Balaban J connectivity index is 2.23. The highest BCUT2D eigenvalue weighted by molar-refractivity contribution is 6.30. The Labute approximate surface area is 109 Å². The summed E-state index contributed by atoms with van der Waals surface area (Å²) in [5.74, 6) is 0. The van der Waals surface area contributed by atoms with Crippen molar-refractivity contribution in [2.75, 3.05) is 14.2 Å². The molecule has 1 aromatic carbocycles. The van der Waals surface area contributed by atoms with Gasteiger partial charge in [0.05, 0.1) is 6.10 Å². The van der Waals surface area contributed by atoms with Crippen molar-refractivity contribution >= 4 is 11.6 Å². The molecular formula is C14H20ClNO. The first-order valence-electron chi connectivity index (χ1n) is 6.12. The molecular weight excluding hydrogens is 234 g/mol. The molecule has 1 aliphatic rings. The van der Waals surface area contributed by atoms with Crippen LogP contribution in [0.1, 0.15) is 31.4 Å². The van der Waals surface area contributed by atoms with Crippen molar-refractivity contribution in [1.82, 2.24) is 4.90 Å². The van der Waals surface area contributed by atoms with Crippen LogP contribution in [-0.2, 0) is 4.74 Å². The SMILES string of the molecule is CO[C@@H]1C[C@@H](C)N(C)[C@@H](c2cccc(Cl)c2)C1. The lowest BCUT2D eigenvalue weighted by Gasteiger charge is -2.41. The Morgan fingerprint density at radius 3 is 2.76 bits per heavy atom. The number of halogens is 1. The highest BCUT2D eigenvalue weighted by Gasteiger charge is 2.31. The Hall–Kier alpha value is -0.570. The maximum absolute atomic E-state index is 6.07. The average molecular weight is 254 g/mol. The van der Waals surface area contributed by atoms with E-state index in [2.05, 4.69) is 31.0 Å². The summed E-state index contributed by atoms with van der Waals surface area (Å²) < 4.78 is 5.53. The Morgan fingerprint density at radius 2 is 2.12 bits per heavy atom. The predicted octanol–water partition coefficient (Wildman–Crippen LogP) is 3.51. The second-order valence-electron chi connectivity index (χ2n) is 4.91. The number of rotatable bonds is 2. The zero-order chi connectivity index (χ0) is 12.4. The van der Waals surface area contributed by atoms with E-state index in [1.807, 2.05) is 12.1 Å². The minimum Gasteiger partial charge on any atom is -0.381 e. The zero-order valence-corrected chi connectivity index (χ0v) is 11.4. The van der Waals surface area contributed by atoms with Crippen molar-refractivity contribution in [3.8, 4) is 0 Å². The summed E-state index contributed by atoms with van der Waals surface area (Å²) in [6.07, 6.45) is 2.49. The summed E-state index contributed by atoms with van der Waals surface area (Å²) in [7, 11) is 3.99. The van der Waals surface area contributed by atoms with Gasteiger partial charge in [-0.25, -0.2) is 0 Å². The number of hydrogen-bond donors (Lipinski definition) is 0. The topological polar surface area (TPSA) is 12.5 Å². The molecule has 17 heavy (non-hydrogen) atoms. The molecule has 94 valence electrons. The van der Waals surface area contributed by atoms with E-state index in [0.29, 0.717) is 18.2 Å². The molecule has 0 saturated carbocycles. The molecule has 1 heterocycles. The van der Waals surface area contributed by atoms with Crippen molar-refractivity contribution in [1.29, 1.82) is 0 Å². The van der Waals surface area contributed by atoms with Crippen molar-refractivity contribution in [3.63, 3.8) is 0 Å². The van der Waals surface area contributed by atoms with Gasteiger partial charge in [-0.3, -0.25) is 4.90 Å². The van der Waals surface area contributed by atoms with E-state index in [1.165, 1.54) is 5.56 Å². The monoisotopic (exact) mass is 253 g/mol. The van der Waals surface area contributed by atoms with Crippen LogP contribution in [-0.4, -0.2) is 31.2 Å². The van der Waals surface area contributed by atoms with E-state index in [0.717, 1.165) is 17.9 Å². The van der Waals surface area contributed by atoms with Gasteiger partial charge in [0.2, 0.25) is 0 Å². The van der Waals surface area contributed by atoms with Crippen LogP contribution >= 0.6 is 11.6 Å². The third kappa shape index (κ3) is 2.82. The third-order valence-corrected chi connectivity index (χ3v) is 4.08. The largest absolute Gasteiger partial charge is 0.381 e. The highest BCUT2D eigenvalue weighted by atomic mass is 35.5. The molecule has 0 spiro atoms. The Bertz CT molecular complexity index is 382. The van der Waals surface area contributed by atoms with Crippen LogP contribution in [0.15, 0.2) is 24.3 Å². The van der Waals surface area contributed by atoms with Gasteiger partial charge in [-0.1, -0.05) is 23.7 Å². The van der Waals surface area contributed by atoms with E-state index < -0.39 is 0 Å². The Morgan fingerprint density at radius 1 is 1.35 bits per heavy atom. The maximum atomic E-state index is 6.07. The summed E-state index contributed by atoms with van der Waals surface area (Å²) in [4.78, 5) is 2.42. The lowest BCUT2D eigenvalue weighted by atomic mass is 9.90. The average Bonchev–Trinajstić information content (AvgIpc) is 2.32. The van der Waals surface area contributed by atoms with Crippen LogP contribution in [0.4, 0.5) is 0 Å². The summed E-state index contributed by atoms with van der Waals surface area (Å²) in [6.45, 7) is 2.25. The molecule has 2 nitrogen and oxygen atoms in total. The Kier molecular flexibility index (Phi) is 4.08. The van der Waals surface area contributed by atoms with E-state index in [-0.39, 0.29) is 0 Å². The van der Waals surface area contributed by atoms with Crippen molar-refractivity contribution in [2.24, 2.45) is 0 Å². The van der Waals surface area contributed by atoms with Gasteiger partial charge in [0.1, 0.15) is 0 Å². The molecule has 0 aliphatic carbocycles. The molecule has 0 aromatic heterocycles. The maximum Gasteiger partial charge on any atom is 0.0604 e. The van der Waals surface area contributed by atoms with Gasteiger partial charge in [0.25, 0.3) is 0 Å². The molecule has 3 atom stereocenters. The van der Waals surface area contributed by atoms with Crippen LogP contribution in [0.3, 0.4) is 0 Å². The van der Waals surface area contributed by atoms with Gasteiger partial charge in [-0.05, 0) is 44.5 Å². The highest BCUT2D eigenvalue weighted by Crippen LogP contribution is 2.34. The number of hydrogen-bond acceptors (Lipinski definition) is 2. The minimum absolute atomic E-state index is 0.352. The summed E-state index contributed by atoms with van der Waals surface area (Å²) in [6, 6.07) is 9.10. The van der Waals surface area contributed by atoms with Crippen molar-refractivity contribution in [2.45, 2.75) is 38.0 Å². The van der Waals surface area contributed by atoms with Gasteiger partial charge >= 0.3 is 0 Å². The quantitative estimate of drug-likeness (QED) is 0.800. The molecule has 2 rings (SSSR count). The molecule has 1 saturated heterocycles. The molecule has 1 aliphatic heterocycles. The number of nitrogens with zero attached hydrogens (tertiary/aromatic N) is 1. The van der Waals surface area contributed by atoms with E-state index in [4.69, 9.17) is 16.3 Å². The summed E-state index contributed by atoms with van der Waals surface area (Å²) >= 11 is 6.07. The molecule has 0 radical (unpaired) electrons. The predicted molar refractivity (Wildman–Crippen MR) is 71.4 cm³/mol. The third-order valence-electron chi connectivity index (χ3n) is 3.84. The normalized spacial score (nSPS) is 30.5. The lowest BCUT2D eigenvalue weighted by Crippen LogP contribution is -2.42. The first-order chi connectivity index (χ1) is 8.11. The fourth-order valence-electron chi connectivity index (χ4n) is 2.64. The number of ether oxygens (including phenoxy) is 1. The second kappa shape index (κ2) is 5.38. The summed E-state index contributed by atoms with van der Waals surface area (Å²) in [5.41, 5.74) is 1.29. The smallest absolute Gasteiger partial charge is 0.0604 e. The zero-order valence-electron chi connectivity index (χ0n) is 10.7. The van der Waals surface area contributed by atoms with Crippen LogP contribution in [0.5, 0.6) is 0 Å². The van der Waals surface area contributed by atoms with Gasteiger partial charge in [-0.15, -0.1) is 0 Å². The molecule has 1 fully saturated rings. The van der Waals surface area contributed by atoms with Gasteiger partial charge in [0.15, 0.2) is 0 Å². The molecule has 0 bridgehead atoms. The molecule has 0 N–H and O–H groups in total. The van der Waals surface area contributed by atoms with Gasteiger partial charge in [-0.2, -0.15) is 0 Å². The van der Waals surface area contributed by atoms with Crippen molar-refractivity contribution in [3.05, 3.63) is 34.9 Å². The minimum atomic E-state index is 0.352. The van der Waals surface area contributed by atoms with Crippen LogP contribution in [0.25, 0.3) is 0 Å². The fraction of sp³-hybridized carbons (Fsp3) is 0.571. The number of benzene rings is 1. The second-order valence-corrected chi connectivity index (χ2v) is 5.35. The molecule has 3 heteroatoms. The first kappa shape index (κ1) is 12.9. The van der Waals surface area contributed by atoms with Crippen LogP contribution in [0.2, 0.25) is 5.02 Å². The van der Waals surface area contributed by atoms with Gasteiger partial charge < -0.3 is 4.74 Å². The molecule has 0 unspecified atom stereocenters. The number of piperidine rings is 1. The van der Waals surface area contributed by atoms with E-state index >= 15 is 0 Å². The van der Waals surface area contributed by atoms with Crippen molar-refractivity contribution < 1.29 is 4.74 Å². The molecule has 1 aromatic rings. The lowest BCUT2D eigenvalue weighted by molar-refractivity contribution is -0.00595.